The Morgan fingerprint density at radius 1 is 1.53 bits per heavy atom. The van der Waals surface area contributed by atoms with Crippen molar-refractivity contribution >= 4 is 22.1 Å². The van der Waals surface area contributed by atoms with Gasteiger partial charge in [-0.1, -0.05) is 12.8 Å². The van der Waals surface area contributed by atoms with E-state index in [1.807, 2.05) is 16.0 Å². The van der Waals surface area contributed by atoms with E-state index in [-0.39, 0.29) is 6.61 Å². The summed E-state index contributed by atoms with van der Waals surface area (Å²) in [4.78, 5) is 7.85. The molecule has 1 aliphatic carbocycles. The number of imidazole rings is 1. The second-order valence-corrected chi connectivity index (χ2v) is 5.52. The monoisotopic (exact) mass is 251 g/mol. The summed E-state index contributed by atoms with van der Waals surface area (Å²) in [5.74, 6) is 0.950. The molecule has 1 fully saturated rings. The number of rotatable bonds is 3. The van der Waals surface area contributed by atoms with Crippen LogP contribution in [0.5, 0.6) is 0 Å². The van der Waals surface area contributed by atoms with Crippen molar-refractivity contribution in [3.63, 3.8) is 0 Å². The van der Waals surface area contributed by atoms with Crippen molar-refractivity contribution in [2.45, 2.75) is 38.3 Å². The fourth-order valence-corrected chi connectivity index (χ4v) is 3.44. The first-order chi connectivity index (χ1) is 8.31. The Balaban J connectivity index is 2.00. The van der Waals surface area contributed by atoms with Gasteiger partial charge in [-0.2, -0.15) is 0 Å². The molecule has 3 rings (SSSR count). The second-order valence-electron chi connectivity index (χ2n) is 4.64. The lowest BCUT2D eigenvalue weighted by Crippen LogP contribution is -2.30. The molecule has 5 heteroatoms. The number of thiazole rings is 1. The van der Waals surface area contributed by atoms with E-state index < -0.39 is 0 Å². The lowest BCUT2D eigenvalue weighted by atomic mass is 10.2. The topological polar surface area (TPSA) is 40.8 Å². The van der Waals surface area contributed by atoms with Gasteiger partial charge >= 0.3 is 0 Å². The summed E-state index contributed by atoms with van der Waals surface area (Å²) in [5.41, 5.74) is 0.913. The Morgan fingerprint density at radius 2 is 2.29 bits per heavy atom. The molecule has 2 heterocycles. The van der Waals surface area contributed by atoms with E-state index in [1.54, 1.807) is 11.3 Å². The van der Waals surface area contributed by atoms with E-state index in [4.69, 9.17) is 0 Å². The summed E-state index contributed by atoms with van der Waals surface area (Å²) in [6.45, 7) is 0.0459. The van der Waals surface area contributed by atoms with Crippen LogP contribution in [-0.4, -0.2) is 27.6 Å². The Kier molecular flexibility index (Phi) is 2.80. The summed E-state index contributed by atoms with van der Waals surface area (Å²) in [7, 11) is 2.10. The first-order valence-corrected chi connectivity index (χ1v) is 6.97. The standard InChI is InChI=1S/C12H17N3OS/c1-14(9-4-2-3-5-9)11-10(8-16)15-6-7-17-12(15)13-11/h6-7,9,16H,2-5,8H2,1H3. The van der Waals surface area contributed by atoms with Gasteiger partial charge in [0, 0.05) is 24.7 Å². The SMILES string of the molecule is CN(c1nc2sccn2c1CO)C1CCCC1. The Labute approximate surface area is 105 Å². The lowest BCUT2D eigenvalue weighted by molar-refractivity contribution is 0.276. The molecule has 2 aromatic rings. The van der Waals surface area contributed by atoms with Crippen molar-refractivity contribution in [1.29, 1.82) is 0 Å². The van der Waals surface area contributed by atoms with Gasteiger partial charge in [-0.05, 0) is 12.8 Å². The van der Waals surface area contributed by atoms with Gasteiger partial charge in [0.15, 0.2) is 10.8 Å². The van der Waals surface area contributed by atoms with Crippen LogP contribution in [0.4, 0.5) is 5.82 Å². The molecular weight excluding hydrogens is 234 g/mol. The van der Waals surface area contributed by atoms with Crippen LogP contribution in [0.15, 0.2) is 11.6 Å². The van der Waals surface area contributed by atoms with E-state index in [9.17, 15) is 5.11 Å². The average Bonchev–Trinajstić information content (AvgIpc) is 3.03. The maximum atomic E-state index is 9.53. The van der Waals surface area contributed by atoms with E-state index >= 15 is 0 Å². The molecule has 0 atom stereocenters. The molecule has 1 saturated carbocycles. The first-order valence-electron chi connectivity index (χ1n) is 6.09. The lowest BCUT2D eigenvalue weighted by Gasteiger charge is -2.25. The molecule has 0 spiro atoms. The summed E-state index contributed by atoms with van der Waals surface area (Å²) in [5, 5.41) is 11.5. The van der Waals surface area contributed by atoms with Gasteiger partial charge < -0.3 is 10.0 Å². The van der Waals surface area contributed by atoms with E-state index in [0.29, 0.717) is 6.04 Å². The van der Waals surface area contributed by atoms with Gasteiger partial charge in [-0.25, -0.2) is 4.98 Å². The van der Waals surface area contributed by atoms with Crippen molar-refractivity contribution < 1.29 is 5.11 Å². The maximum Gasteiger partial charge on any atom is 0.195 e. The van der Waals surface area contributed by atoms with Gasteiger partial charge in [-0.3, -0.25) is 4.40 Å². The van der Waals surface area contributed by atoms with Gasteiger partial charge in [0.1, 0.15) is 0 Å². The summed E-state index contributed by atoms with van der Waals surface area (Å²) in [6, 6.07) is 0.588. The zero-order valence-electron chi connectivity index (χ0n) is 9.96. The van der Waals surface area contributed by atoms with Gasteiger partial charge in [0.25, 0.3) is 0 Å². The Morgan fingerprint density at radius 3 is 3.00 bits per heavy atom. The number of aliphatic hydroxyl groups excluding tert-OH is 1. The molecule has 92 valence electrons. The highest BCUT2D eigenvalue weighted by Gasteiger charge is 2.24. The van der Waals surface area contributed by atoms with Crippen LogP contribution in [0.2, 0.25) is 0 Å². The molecule has 1 N–H and O–H groups in total. The summed E-state index contributed by atoms with van der Waals surface area (Å²) < 4.78 is 1.99. The Bertz CT molecular complexity index is 513. The van der Waals surface area contributed by atoms with Crippen molar-refractivity contribution in [3.8, 4) is 0 Å². The predicted molar refractivity (Wildman–Crippen MR) is 69.7 cm³/mol. The van der Waals surface area contributed by atoms with Crippen molar-refractivity contribution in [2.75, 3.05) is 11.9 Å². The third-order valence-electron chi connectivity index (χ3n) is 3.70. The maximum absolute atomic E-state index is 9.53. The number of hydrogen-bond acceptors (Lipinski definition) is 4. The fourth-order valence-electron chi connectivity index (χ4n) is 2.72. The van der Waals surface area contributed by atoms with Crippen molar-refractivity contribution in [2.24, 2.45) is 0 Å². The molecule has 0 amide bonds. The average molecular weight is 251 g/mol. The third kappa shape index (κ3) is 1.73. The largest absolute Gasteiger partial charge is 0.390 e. The molecule has 0 aliphatic heterocycles. The normalized spacial score (nSPS) is 17.1. The summed E-state index contributed by atoms with van der Waals surface area (Å²) >= 11 is 1.61. The number of aliphatic hydroxyl groups is 1. The molecule has 0 aromatic carbocycles. The van der Waals surface area contributed by atoms with E-state index in [1.165, 1.54) is 25.7 Å². The van der Waals surface area contributed by atoms with Gasteiger partial charge in [0.05, 0.1) is 12.3 Å². The summed E-state index contributed by atoms with van der Waals surface area (Å²) in [6.07, 6.45) is 7.08. The molecule has 2 aromatic heterocycles. The molecule has 0 saturated heterocycles. The number of fused-ring (bicyclic) bond motifs is 1. The molecule has 0 unspecified atom stereocenters. The molecule has 1 aliphatic rings. The molecular formula is C12H17N3OS. The van der Waals surface area contributed by atoms with Crippen molar-refractivity contribution in [3.05, 3.63) is 17.3 Å². The second kappa shape index (κ2) is 4.31. The zero-order chi connectivity index (χ0) is 11.8. The molecule has 4 nitrogen and oxygen atoms in total. The first kappa shape index (κ1) is 11.0. The van der Waals surface area contributed by atoms with Crippen LogP contribution in [0, 0.1) is 0 Å². The minimum atomic E-state index is 0.0459. The van der Waals surface area contributed by atoms with E-state index in [0.717, 1.165) is 16.5 Å². The van der Waals surface area contributed by atoms with Gasteiger partial charge in [0.2, 0.25) is 0 Å². The van der Waals surface area contributed by atoms with Crippen LogP contribution in [-0.2, 0) is 6.61 Å². The number of nitrogens with zero attached hydrogens (tertiary/aromatic N) is 3. The van der Waals surface area contributed by atoms with Crippen LogP contribution < -0.4 is 4.90 Å². The molecule has 17 heavy (non-hydrogen) atoms. The molecule has 0 radical (unpaired) electrons. The minimum Gasteiger partial charge on any atom is -0.390 e. The quantitative estimate of drug-likeness (QED) is 0.909. The Hall–Kier alpha value is -1.07. The van der Waals surface area contributed by atoms with Crippen LogP contribution >= 0.6 is 11.3 Å². The minimum absolute atomic E-state index is 0.0459. The van der Waals surface area contributed by atoms with Crippen LogP contribution in [0.1, 0.15) is 31.4 Å². The fraction of sp³-hybridized carbons (Fsp3) is 0.583. The van der Waals surface area contributed by atoms with Crippen LogP contribution in [0.25, 0.3) is 4.96 Å². The number of aromatic nitrogens is 2. The third-order valence-corrected chi connectivity index (χ3v) is 4.45. The number of anilines is 1. The highest BCUT2D eigenvalue weighted by molar-refractivity contribution is 7.15. The predicted octanol–water partition coefficient (Wildman–Crippen LogP) is 2.27. The zero-order valence-corrected chi connectivity index (χ0v) is 10.8. The van der Waals surface area contributed by atoms with Crippen molar-refractivity contribution in [1.82, 2.24) is 9.38 Å². The smallest absolute Gasteiger partial charge is 0.195 e. The highest BCUT2D eigenvalue weighted by atomic mass is 32.1. The number of hydrogen-bond donors (Lipinski definition) is 1. The molecule has 0 bridgehead atoms. The van der Waals surface area contributed by atoms with E-state index in [2.05, 4.69) is 16.9 Å². The van der Waals surface area contributed by atoms with Crippen LogP contribution in [0.3, 0.4) is 0 Å². The highest BCUT2D eigenvalue weighted by Crippen LogP contribution is 2.30. The van der Waals surface area contributed by atoms with Gasteiger partial charge in [-0.15, -0.1) is 11.3 Å².